The highest BCUT2D eigenvalue weighted by atomic mass is 79.9. The smallest absolute Gasteiger partial charge is 0.281 e. The molecule has 1 amide bonds. The predicted octanol–water partition coefficient (Wildman–Crippen LogP) is 5.55. The fourth-order valence-electron chi connectivity index (χ4n) is 4.11. The largest absolute Gasteiger partial charge is 0.372 e. The van der Waals surface area contributed by atoms with Crippen LogP contribution in [0.25, 0.3) is 5.69 Å². The normalized spacial score (nSPS) is 11.7. The summed E-state index contributed by atoms with van der Waals surface area (Å²) in [5, 5.41) is 15.7. The molecule has 0 aliphatic rings. The summed E-state index contributed by atoms with van der Waals surface area (Å²) in [5.41, 5.74) is 6.75. The Bertz CT molecular complexity index is 1310. The third-order valence-corrected chi connectivity index (χ3v) is 6.84. The molecule has 4 rings (SSSR count). The number of benzene rings is 3. The highest BCUT2D eigenvalue weighted by Crippen LogP contribution is 2.30. The van der Waals surface area contributed by atoms with Gasteiger partial charge in [-0.3, -0.25) is 4.79 Å². The van der Waals surface area contributed by atoms with Gasteiger partial charge in [0.1, 0.15) is 0 Å². The lowest BCUT2D eigenvalue weighted by molar-refractivity contribution is -0.136. The van der Waals surface area contributed by atoms with Gasteiger partial charge in [-0.2, -0.15) is 5.10 Å². The fourth-order valence-corrected chi connectivity index (χ4v) is 4.36. The van der Waals surface area contributed by atoms with Crippen LogP contribution in [0.4, 0.5) is 0 Å². The van der Waals surface area contributed by atoms with Gasteiger partial charge in [0, 0.05) is 27.1 Å². The van der Waals surface area contributed by atoms with E-state index in [0.717, 1.165) is 32.7 Å². The van der Waals surface area contributed by atoms with Gasteiger partial charge in [-0.25, -0.2) is 5.43 Å². The van der Waals surface area contributed by atoms with Crippen molar-refractivity contribution in [1.82, 2.24) is 9.99 Å². The molecule has 0 fully saturated rings. The minimum atomic E-state index is -1.87. The monoisotopic (exact) mass is 515 g/mol. The molecular weight excluding hydrogens is 490 g/mol. The molecule has 4 aromatic rings. The Morgan fingerprint density at radius 1 is 0.941 bits per heavy atom. The quantitative estimate of drug-likeness (QED) is 0.261. The van der Waals surface area contributed by atoms with Crippen molar-refractivity contribution < 1.29 is 9.90 Å². The van der Waals surface area contributed by atoms with E-state index < -0.39 is 11.5 Å². The summed E-state index contributed by atoms with van der Waals surface area (Å²) in [6.07, 6.45) is 1.61. The summed E-state index contributed by atoms with van der Waals surface area (Å²) in [4.78, 5) is 13.2. The van der Waals surface area contributed by atoms with Gasteiger partial charge in [0.25, 0.3) is 5.91 Å². The van der Waals surface area contributed by atoms with Gasteiger partial charge in [-0.1, -0.05) is 76.6 Å². The van der Waals surface area contributed by atoms with Gasteiger partial charge in [0.05, 0.1) is 6.21 Å². The highest BCUT2D eigenvalue weighted by molar-refractivity contribution is 9.10. The standard InChI is InChI=1S/C28H26BrN3O2/c1-19-16-25(14-15-26(19)29)32-20(2)17-22(21(32)3)18-30-31-27(33)28(34,23-10-6-4-7-11-23)24-12-8-5-9-13-24/h4-18,34H,1-3H3,(H,31,33). The number of amides is 1. The van der Waals surface area contributed by atoms with Crippen molar-refractivity contribution >= 4 is 28.1 Å². The Balaban J connectivity index is 1.61. The van der Waals surface area contributed by atoms with Crippen molar-refractivity contribution in [2.75, 3.05) is 0 Å². The SMILES string of the molecule is Cc1cc(-n2c(C)cc(C=NNC(=O)C(O)(c3ccccc3)c3ccccc3)c2C)ccc1Br. The molecule has 0 radical (unpaired) electrons. The van der Waals surface area contributed by atoms with Crippen molar-refractivity contribution in [3.63, 3.8) is 0 Å². The lowest BCUT2D eigenvalue weighted by Gasteiger charge is -2.27. The molecule has 34 heavy (non-hydrogen) atoms. The third kappa shape index (κ3) is 4.47. The molecule has 1 heterocycles. The maximum Gasteiger partial charge on any atom is 0.281 e. The number of nitrogens with zero attached hydrogens (tertiary/aromatic N) is 2. The van der Waals surface area contributed by atoms with Crippen LogP contribution >= 0.6 is 15.9 Å². The maximum atomic E-state index is 13.2. The second-order valence-corrected chi connectivity index (χ2v) is 9.09. The van der Waals surface area contributed by atoms with Crippen molar-refractivity contribution in [3.05, 3.63) is 123 Å². The number of aliphatic hydroxyl groups is 1. The Hall–Kier alpha value is -3.48. The minimum absolute atomic E-state index is 0.470. The summed E-state index contributed by atoms with van der Waals surface area (Å²) in [5.74, 6) is -0.626. The maximum absolute atomic E-state index is 13.2. The number of hydrogen-bond donors (Lipinski definition) is 2. The Morgan fingerprint density at radius 3 is 2.09 bits per heavy atom. The van der Waals surface area contributed by atoms with Gasteiger partial charge in [-0.05, 0) is 61.7 Å². The number of hydrogen-bond acceptors (Lipinski definition) is 3. The van der Waals surface area contributed by atoms with Gasteiger partial charge in [0.15, 0.2) is 5.60 Å². The molecule has 0 bridgehead atoms. The first-order valence-corrected chi connectivity index (χ1v) is 11.7. The van der Waals surface area contributed by atoms with Crippen LogP contribution in [0.1, 0.15) is 33.6 Å². The number of nitrogens with one attached hydrogen (secondary N) is 1. The van der Waals surface area contributed by atoms with Crippen LogP contribution in [0, 0.1) is 20.8 Å². The van der Waals surface area contributed by atoms with Crippen LogP contribution in [0.5, 0.6) is 0 Å². The average Bonchev–Trinajstić information content (AvgIpc) is 3.14. The van der Waals surface area contributed by atoms with Crippen LogP contribution in [-0.4, -0.2) is 21.8 Å². The van der Waals surface area contributed by atoms with Gasteiger partial charge in [-0.15, -0.1) is 0 Å². The van der Waals surface area contributed by atoms with Crippen molar-refractivity contribution in [3.8, 4) is 5.69 Å². The predicted molar refractivity (Wildman–Crippen MR) is 139 cm³/mol. The zero-order valence-electron chi connectivity index (χ0n) is 19.3. The van der Waals surface area contributed by atoms with E-state index in [-0.39, 0.29) is 0 Å². The molecule has 0 saturated heterocycles. The summed E-state index contributed by atoms with van der Waals surface area (Å²) < 4.78 is 3.21. The zero-order valence-corrected chi connectivity index (χ0v) is 20.9. The van der Waals surface area contributed by atoms with Crippen LogP contribution in [0.3, 0.4) is 0 Å². The van der Waals surface area contributed by atoms with Crippen molar-refractivity contribution in [2.45, 2.75) is 26.4 Å². The first-order valence-electron chi connectivity index (χ1n) is 10.9. The van der Waals surface area contributed by atoms with E-state index in [2.05, 4.69) is 50.1 Å². The van der Waals surface area contributed by atoms with E-state index in [4.69, 9.17) is 0 Å². The third-order valence-electron chi connectivity index (χ3n) is 5.95. The van der Waals surface area contributed by atoms with E-state index in [1.54, 1.807) is 54.7 Å². The molecule has 3 aromatic carbocycles. The molecular formula is C28H26BrN3O2. The number of rotatable bonds is 6. The van der Waals surface area contributed by atoms with Crippen LogP contribution in [0.2, 0.25) is 0 Å². The van der Waals surface area contributed by atoms with Crippen LogP contribution in [0.15, 0.2) is 94.5 Å². The lowest BCUT2D eigenvalue weighted by Crippen LogP contribution is -2.43. The Morgan fingerprint density at radius 2 is 1.53 bits per heavy atom. The van der Waals surface area contributed by atoms with E-state index in [1.165, 1.54) is 0 Å². The zero-order chi connectivity index (χ0) is 24.3. The van der Waals surface area contributed by atoms with E-state index in [9.17, 15) is 9.90 Å². The highest BCUT2D eigenvalue weighted by Gasteiger charge is 2.39. The molecule has 2 N–H and O–H groups in total. The average molecular weight is 516 g/mol. The number of aryl methyl sites for hydroxylation is 2. The molecule has 0 unspecified atom stereocenters. The minimum Gasteiger partial charge on any atom is -0.372 e. The first kappa shape index (κ1) is 23.7. The number of hydrazone groups is 1. The van der Waals surface area contributed by atoms with E-state index >= 15 is 0 Å². The van der Waals surface area contributed by atoms with Crippen molar-refractivity contribution in [2.24, 2.45) is 5.10 Å². The lowest BCUT2D eigenvalue weighted by atomic mass is 9.85. The summed E-state index contributed by atoms with van der Waals surface area (Å²) in [7, 11) is 0. The summed E-state index contributed by atoms with van der Waals surface area (Å²) in [6, 6.07) is 26.0. The van der Waals surface area contributed by atoms with Crippen molar-refractivity contribution in [1.29, 1.82) is 0 Å². The molecule has 0 spiro atoms. The molecule has 1 aromatic heterocycles. The topological polar surface area (TPSA) is 66.6 Å². The molecule has 6 heteroatoms. The second kappa shape index (κ2) is 9.79. The van der Waals surface area contributed by atoms with E-state index in [0.29, 0.717) is 11.1 Å². The van der Waals surface area contributed by atoms with Gasteiger partial charge in [0.2, 0.25) is 0 Å². The first-order chi connectivity index (χ1) is 16.3. The molecule has 0 aliphatic carbocycles. The number of aromatic nitrogens is 1. The Labute approximate surface area is 207 Å². The van der Waals surface area contributed by atoms with Crippen LogP contribution in [-0.2, 0) is 10.4 Å². The summed E-state index contributed by atoms with van der Waals surface area (Å²) in [6.45, 7) is 6.10. The summed E-state index contributed by atoms with van der Waals surface area (Å²) >= 11 is 3.55. The molecule has 0 saturated carbocycles. The van der Waals surface area contributed by atoms with Gasteiger partial charge < -0.3 is 9.67 Å². The molecule has 5 nitrogen and oxygen atoms in total. The molecule has 0 atom stereocenters. The fraction of sp³-hybridized carbons (Fsp3) is 0.143. The molecule has 172 valence electrons. The number of carbonyl (C=O) groups excluding carboxylic acids is 1. The Kier molecular flexibility index (Phi) is 6.82. The molecule has 0 aliphatic heterocycles. The number of halogens is 1. The number of carbonyl (C=O) groups is 1. The van der Waals surface area contributed by atoms with E-state index in [1.807, 2.05) is 38.1 Å². The van der Waals surface area contributed by atoms with Gasteiger partial charge >= 0.3 is 0 Å². The van der Waals surface area contributed by atoms with Crippen LogP contribution < -0.4 is 5.43 Å². The second-order valence-electron chi connectivity index (χ2n) is 8.24.